The van der Waals surface area contributed by atoms with Gasteiger partial charge < -0.3 is 19.5 Å². The minimum absolute atomic E-state index is 0.0955. The highest BCUT2D eigenvalue weighted by Gasteiger charge is 2.37. The fourth-order valence-electron chi connectivity index (χ4n) is 6.07. The molecule has 8 nitrogen and oxygen atoms in total. The van der Waals surface area contributed by atoms with Crippen LogP contribution in [0, 0.1) is 12.3 Å². The molecule has 0 unspecified atom stereocenters. The van der Waals surface area contributed by atoms with E-state index < -0.39 is 17.7 Å². The molecule has 2 aromatic heterocycles. The molecule has 1 N–H and O–H groups in total. The first-order valence-electron chi connectivity index (χ1n) is 16.0. The lowest BCUT2D eigenvalue weighted by Gasteiger charge is -2.40. The molecule has 0 saturated carbocycles. The number of fused-ring (bicyclic) bond motifs is 1. The molecule has 9 heteroatoms. The number of aromatic hydroxyl groups is 1. The number of carbonyl (C=O) groups is 1. The van der Waals surface area contributed by atoms with Crippen LogP contribution in [-0.4, -0.2) is 51.5 Å². The van der Waals surface area contributed by atoms with Crippen molar-refractivity contribution in [2.45, 2.75) is 78.9 Å². The highest BCUT2D eigenvalue weighted by molar-refractivity contribution is 6.31. The summed E-state index contributed by atoms with van der Waals surface area (Å²) < 4.78 is 13.5. The maximum atomic E-state index is 13.4. The topological polar surface area (TPSA) is 89.2 Å². The fraction of sp³-hybridized carbons (Fsp3) is 0.432. The highest BCUT2D eigenvalue weighted by atomic mass is 35.5. The quantitative estimate of drug-likeness (QED) is 0.144. The first-order chi connectivity index (χ1) is 21.8. The van der Waals surface area contributed by atoms with Crippen LogP contribution in [0.3, 0.4) is 0 Å². The van der Waals surface area contributed by atoms with Crippen LogP contribution in [0.25, 0.3) is 28.0 Å². The monoisotopic (exact) mass is 644 g/mol. The Bertz CT molecular complexity index is 1750. The number of hydrogen-bond acceptors (Lipinski definition) is 7. The van der Waals surface area contributed by atoms with E-state index >= 15 is 0 Å². The number of methoxy groups -OCH3 is 1. The Kier molecular flexibility index (Phi) is 9.80. The first-order valence-corrected chi connectivity index (χ1v) is 16.4. The smallest absolute Gasteiger partial charge is 0.339 e. The Labute approximate surface area is 277 Å². The van der Waals surface area contributed by atoms with Gasteiger partial charge in [0.15, 0.2) is 11.8 Å². The standard InChI is InChI=1S/C37H45ClN4O4/c1-8-9-10-16-37(6)17-19-41(20-18-37)34-32(33(35(44)45-7)46-36(3,4)5)24(2)39-31-23-29(40-42(31)34)26-13-11-12-25(21-26)28-22-27(38)14-15-30(28)43/h10-16,21-23,33,43H,8-9,17-20H2,1-7H3/b16-10+/t33-/m0/s1. The molecule has 2 aromatic carbocycles. The van der Waals surface area contributed by atoms with Crippen LogP contribution < -0.4 is 4.90 Å². The van der Waals surface area contributed by atoms with Gasteiger partial charge in [-0.05, 0) is 82.2 Å². The summed E-state index contributed by atoms with van der Waals surface area (Å²) in [6, 6.07) is 14.8. The minimum atomic E-state index is -0.989. The molecule has 0 amide bonds. The number of allylic oxidation sites excluding steroid dienone is 2. The molecule has 46 heavy (non-hydrogen) atoms. The molecule has 1 saturated heterocycles. The Morgan fingerprint density at radius 2 is 1.85 bits per heavy atom. The van der Waals surface area contributed by atoms with Gasteiger partial charge in [0.1, 0.15) is 11.6 Å². The van der Waals surface area contributed by atoms with Crippen LogP contribution in [0.15, 0.2) is 60.7 Å². The van der Waals surface area contributed by atoms with E-state index in [1.54, 1.807) is 18.2 Å². The first kappa shape index (κ1) is 33.5. The van der Waals surface area contributed by atoms with Crippen molar-refractivity contribution in [1.29, 1.82) is 0 Å². The van der Waals surface area contributed by atoms with Gasteiger partial charge in [0.2, 0.25) is 0 Å². The molecule has 0 spiro atoms. The number of phenols is 1. The Morgan fingerprint density at radius 1 is 1.13 bits per heavy atom. The van der Waals surface area contributed by atoms with E-state index in [0.717, 1.165) is 55.7 Å². The second kappa shape index (κ2) is 13.5. The van der Waals surface area contributed by atoms with Crippen molar-refractivity contribution in [1.82, 2.24) is 14.6 Å². The molecule has 1 aliphatic rings. The van der Waals surface area contributed by atoms with Gasteiger partial charge in [0, 0.05) is 41.0 Å². The number of phenolic OH excluding ortho intramolecular Hbond substituents is 1. The van der Waals surface area contributed by atoms with Crippen molar-refractivity contribution in [2.24, 2.45) is 5.41 Å². The summed E-state index contributed by atoms with van der Waals surface area (Å²) in [5.74, 6) is 0.456. The molecule has 0 radical (unpaired) electrons. The third-order valence-electron chi connectivity index (χ3n) is 8.56. The van der Waals surface area contributed by atoms with Gasteiger partial charge in [-0.25, -0.2) is 9.78 Å². The number of piperidine rings is 1. The van der Waals surface area contributed by atoms with E-state index in [0.29, 0.717) is 33.2 Å². The SMILES string of the molecule is CCC/C=C/C1(C)CCN(c2c([C@H](OC(C)(C)C)C(=O)OC)c(C)nc3cc(-c4cccc(-c5cc(Cl)ccc5O)c4)nn23)CC1. The summed E-state index contributed by atoms with van der Waals surface area (Å²) >= 11 is 6.26. The van der Waals surface area contributed by atoms with Gasteiger partial charge in [0.25, 0.3) is 0 Å². The van der Waals surface area contributed by atoms with E-state index in [1.165, 1.54) is 7.11 Å². The summed E-state index contributed by atoms with van der Waals surface area (Å²) in [5.41, 5.74) is 4.50. The molecule has 1 atom stereocenters. The normalized spacial score (nSPS) is 15.9. The zero-order chi connectivity index (χ0) is 33.2. The number of hydrogen-bond donors (Lipinski definition) is 1. The molecule has 0 aliphatic carbocycles. The summed E-state index contributed by atoms with van der Waals surface area (Å²) in [5, 5.41) is 16.2. The van der Waals surface area contributed by atoms with Crippen LogP contribution in [0.1, 0.15) is 77.7 Å². The molecule has 4 aromatic rings. The number of esters is 1. The van der Waals surface area contributed by atoms with Crippen LogP contribution in [-0.2, 0) is 14.3 Å². The van der Waals surface area contributed by atoms with E-state index in [2.05, 4.69) is 30.9 Å². The zero-order valence-electron chi connectivity index (χ0n) is 27.9. The predicted octanol–water partition coefficient (Wildman–Crippen LogP) is 8.72. The Balaban J connectivity index is 1.65. The fourth-order valence-corrected chi connectivity index (χ4v) is 6.24. The number of rotatable bonds is 9. The third-order valence-corrected chi connectivity index (χ3v) is 8.80. The van der Waals surface area contributed by atoms with Gasteiger partial charge in [0.05, 0.1) is 24.0 Å². The number of benzene rings is 2. The minimum Gasteiger partial charge on any atom is -0.507 e. The van der Waals surface area contributed by atoms with Crippen molar-refractivity contribution >= 4 is 29.0 Å². The summed E-state index contributed by atoms with van der Waals surface area (Å²) in [7, 11) is 1.38. The summed E-state index contributed by atoms with van der Waals surface area (Å²) in [6.07, 6.45) is 7.80. The van der Waals surface area contributed by atoms with E-state index in [1.807, 2.05) is 62.5 Å². The number of ether oxygens (including phenoxy) is 2. The Hall–Kier alpha value is -3.88. The zero-order valence-corrected chi connectivity index (χ0v) is 28.7. The number of carbonyl (C=O) groups excluding carboxylic acids is 1. The van der Waals surface area contributed by atoms with Crippen molar-refractivity contribution in [3.63, 3.8) is 0 Å². The number of aryl methyl sites for hydroxylation is 1. The average Bonchev–Trinajstić information content (AvgIpc) is 3.44. The van der Waals surface area contributed by atoms with Crippen LogP contribution in [0.2, 0.25) is 5.02 Å². The molecule has 1 aliphatic heterocycles. The van der Waals surface area contributed by atoms with Gasteiger partial charge in [-0.15, -0.1) is 0 Å². The second-order valence-corrected chi connectivity index (χ2v) is 13.9. The molecular weight excluding hydrogens is 600 g/mol. The van der Waals surface area contributed by atoms with Crippen molar-refractivity contribution in [2.75, 3.05) is 25.1 Å². The number of anilines is 1. The van der Waals surface area contributed by atoms with Gasteiger partial charge in [-0.2, -0.15) is 9.61 Å². The second-order valence-electron chi connectivity index (χ2n) is 13.4. The van der Waals surface area contributed by atoms with E-state index in [4.69, 9.17) is 31.2 Å². The molecule has 3 heterocycles. The lowest BCUT2D eigenvalue weighted by Crippen LogP contribution is -2.40. The number of unbranched alkanes of at least 4 members (excludes halogenated alkanes) is 1. The molecule has 1 fully saturated rings. The van der Waals surface area contributed by atoms with E-state index in [-0.39, 0.29) is 11.2 Å². The number of aromatic nitrogens is 3. The maximum absolute atomic E-state index is 13.4. The van der Waals surface area contributed by atoms with Crippen LogP contribution >= 0.6 is 11.6 Å². The lowest BCUT2D eigenvalue weighted by molar-refractivity contribution is -0.164. The van der Waals surface area contributed by atoms with Crippen molar-refractivity contribution in [3.8, 4) is 28.1 Å². The summed E-state index contributed by atoms with van der Waals surface area (Å²) in [6.45, 7) is 13.8. The summed E-state index contributed by atoms with van der Waals surface area (Å²) in [4.78, 5) is 20.6. The van der Waals surface area contributed by atoms with Crippen LogP contribution in [0.4, 0.5) is 5.82 Å². The van der Waals surface area contributed by atoms with Gasteiger partial charge >= 0.3 is 5.97 Å². The molecule has 5 rings (SSSR count). The van der Waals surface area contributed by atoms with Crippen molar-refractivity contribution < 1.29 is 19.4 Å². The average molecular weight is 645 g/mol. The maximum Gasteiger partial charge on any atom is 0.339 e. The highest BCUT2D eigenvalue weighted by Crippen LogP contribution is 2.41. The predicted molar refractivity (Wildman–Crippen MR) is 184 cm³/mol. The third kappa shape index (κ3) is 7.24. The number of nitrogens with zero attached hydrogens (tertiary/aromatic N) is 4. The Morgan fingerprint density at radius 3 is 2.52 bits per heavy atom. The van der Waals surface area contributed by atoms with Gasteiger partial charge in [-0.1, -0.05) is 62.2 Å². The largest absolute Gasteiger partial charge is 0.507 e. The molecule has 244 valence electrons. The van der Waals surface area contributed by atoms with Crippen molar-refractivity contribution in [3.05, 3.63) is 77.0 Å². The lowest BCUT2D eigenvalue weighted by atomic mass is 9.80. The van der Waals surface area contributed by atoms with Crippen LogP contribution in [0.5, 0.6) is 5.75 Å². The van der Waals surface area contributed by atoms with E-state index in [9.17, 15) is 9.90 Å². The number of halogens is 1. The molecule has 0 bridgehead atoms. The molecular formula is C37H45ClN4O4. The van der Waals surface area contributed by atoms with Gasteiger partial charge in [-0.3, -0.25) is 0 Å².